The molecule has 0 aliphatic rings. The van der Waals surface area contributed by atoms with E-state index in [2.05, 4.69) is 10.6 Å². The second-order valence-electron chi connectivity index (χ2n) is 6.38. The summed E-state index contributed by atoms with van der Waals surface area (Å²) in [5.74, 6) is -0.349. The summed E-state index contributed by atoms with van der Waals surface area (Å²) in [5, 5.41) is 5.94. The molecule has 27 heavy (non-hydrogen) atoms. The Morgan fingerprint density at radius 1 is 0.667 bits per heavy atom. The van der Waals surface area contributed by atoms with Gasteiger partial charge in [0.2, 0.25) is 0 Å². The number of nitrogens with one attached hydrogen (secondary N) is 2. The number of carbonyl (C=O) groups excluding carboxylic acids is 2. The molecule has 138 valence electrons. The molecule has 4 nitrogen and oxygen atoms in total. The van der Waals surface area contributed by atoms with Crippen LogP contribution in [-0.2, 0) is 0 Å². The molecule has 2 amide bonds. The molecule has 0 spiro atoms. The van der Waals surface area contributed by atoms with Crippen molar-refractivity contribution in [2.75, 3.05) is 0 Å². The summed E-state index contributed by atoms with van der Waals surface area (Å²) in [6.45, 7) is 3.88. The molecular weight excluding hydrogens is 356 g/mol. The van der Waals surface area contributed by atoms with Gasteiger partial charge in [-0.25, -0.2) is 0 Å². The third-order valence-corrected chi connectivity index (χ3v) is 5.43. The lowest BCUT2D eigenvalue weighted by atomic mass is 10.1. The molecule has 0 saturated heterocycles. The Bertz CT molecular complexity index is 832. The summed E-state index contributed by atoms with van der Waals surface area (Å²) >= 11 is 1.20. The maximum absolute atomic E-state index is 12.5. The fourth-order valence-electron chi connectivity index (χ4n) is 2.77. The molecular formula is C22H22N2O2S. The Labute approximate surface area is 163 Å². The second-order valence-corrected chi connectivity index (χ2v) is 7.46. The van der Waals surface area contributed by atoms with Crippen molar-refractivity contribution in [3.05, 3.63) is 93.7 Å². The van der Waals surface area contributed by atoms with Crippen LogP contribution in [0.15, 0.2) is 72.8 Å². The fraction of sp³-hybridized carbons (Fsp3) is 0.182. The molecule has 1 heterocycles. The van der Waals surface area contributed by atoms with Crippen LogP contribution in [0.25, 0.3) is 0 Å². The molecule has 2 atom stereocenters. The highest BCUT2D eigenvalue weighted by Gasteiger charge is 2.17. The van der Waals surface area contributed by atoms with E-state index in [1.165, 1.54) is 11.3 Å². The third kappa shape index (κ3) is 4.83. The van der Waals surface area contributed by atoms with Gasteiger partial charge in [0, 0.05) is 0 Å². The van der Waals surface area contributed by atoms with E-state index in [0.29, 0.717) is 9.75 Å². The molecule has 0 aliphatic carbocycles. The highest BCUT2D eigenvalue weighted by Crippen LogP contribution is 2.20. The highest BCUT2D eigenvalue weighted by atomic mass is 32.1. The number of hydrogen-bond acceptors (Lipinski definition) is 3. The van der Waals surface area contributed by atoms with Crippen LogP contribution in [0.2, 0.25) is 0 Å². The van der Waals surface area contributed by atoms with Crippen molar-refractivity contribution >= 4 is 23.2 Å². The number of benzene rings is 2. The normalized spacial score (nSPS) is 12.8. The molecule has 0 fully saturated rings. The molecule has 0 saturated carbocycles. The Balaban J connectivity index is 1.62. The van der Waals surface area contributed by atoms with Crippen molar-refractivity contribution in [2.45, 2.75) is 25.9 Å². The molecule has 2 N–H and O–H groups in total. The van der Waals surface area contributed by atoms with Gasteiger partial charge in [-0.15, -0.1) is 11.3 Å². The zero-order valence-electron chi connectivity index (χ0n) is 15.3. The first-order valence-electron chi connectivity index (χ1n) is 8.86. The topological polar surface area (TPSA) is 58.2 Å². The van der Waals surface area contributed by atoms with E-state index in [9.17, 15) is 9.59 Å². The molecule has 3 rings (SSSR count). The summed E-state index contributed by atoms with van der Waals surface area (Å²) in [6.07, 6.45) is 0. The van der Waals surface area contributed by atoms with Gasteiger partial charge < -0.3 is 10.6 Å². The van der Waals surface area contributed by atoms with Gasteiger partial charge in [0.15, 0.2) is 0 Å². The fourth-order valence-corrected chi connectivity index (χ4v) is 3.58. The van der Waals surface area contributed by atoms with E-state index in [-0.39, 0.29) is 23.9 Å². The molecule has 0 radical (unpaired) electrons. The largest absolute Gasteiger partial charge is 0.345 e. The predicted octanol–water partition coefficient (Wildman–Crippen LogP) is 4.73. The zero-order chi connectivity index (χ0) is 19.2. The van der Waals surface area contributed by atoms with Crippen LogP contribution in [0.5, 0.6) is 0 Å². The number of hydrogen-bond donors (Lipinski definition) is 2. The Morgan fingerprint density at radius 3 is 1.41 bits per heavy atom. The molecule has 3 aromatic rings. The maximum atomic E-state index is 12.5. The van der Waals surface area contributed by atoms with Gasteiger partial charge in [-0.2, -0.15) is 0 Å². The summed E-state index contributed by atoms with van der Waals surface area (Å²) in [5.41, 5.74) is 2.08. The molecule has 2 aromatic carbocycles. The van der Waals surface area contributed by atoms with Crippen molar-refractivity contribution in [1.82, 2.24) is 10.6 Å². The Hall–Kier alpha value is -2.92. The van der Waals surface area contributed by atoms with E-state index in [4.69, 9.17) is 0 Å². The average Bonchev–Trinajstić information content (AvgIpc) is 3.20. The Kier molecular flexibility index (Phi) is 6.04. The number of thiophene rings is 1. The molecule has 0 bridgehead atoms. The zero-order valence-corrected chi connectivity index (χ0v) is 16.1. The SMILES string of the molecule is CC(NC(=O)c1ccc(C(=O)NC(C)c2ccccc2)s1)c1ccccc1. The first-order chi connectivity index (χ1) is 13.0. The predicted molar refractivity (Wildman–Crippen MR) is 109 cm³/mol. The number of carbonyl (C=O) groups is 2. The van der Waals surface area contributed by atoms with Crippen molar-refractivity contribution in [3.8, 4) is 0 Å². The van der Waals surface area contributed by atoms with E-state index >= 15 is 0 Å². The lowest BCUT2D eigenvalue weighted by molar-refractivity contribution is 0.0937. The molecule has 2 unspecified atom stereocenters. The van der Waals surface area contributed by atoms with E-state index in [1.54, 1.807) is 12.1 Å². The quantitative estimate of drug-likeness (QED) is 0.651. The third-order valence-electron chi connectivity index (χ3n) is 4.35. The van der Waals surface area contributed by atoms with Crippen molar-refractivity contribution in [3.63, 3.8) is 0 Å². The van der Waals surface area contributed by atoms with Crippen LogP contribution in [-0.4, -0.2) is 11.8 Å². The van der Waals surface area contributed by atoms with Gasteiger partial charge in [-0.05, 0) is 37.1 Å². The van der Waals surface area contributed by atoms with Crippen LogP contribution < -0.4 is 10.6 Å². The van der Waals surface area contributed by atoms with Gasteiger partial charge in [-0.3, -0.25) is 9.59 Å². The number of rotatable bonds is 6. The van der Waals surface area contributed by atoms with Crippen LogP contribution in [0.3, 0.4) is 0 Å². The van der Waals surface area contributed by atoms with Crippen molar-refractivity contribution in [1.29, 1.82) is 0 Å². The lowest BCUT2D eigenvalue weighted by Gasteiger charge is -2.14. The van der Waals surface area contributed by atoms with Crippen molar-refractivity contribution in [2.24, 2.45) is 0 Å². The first-order valence-corrected chi connectivity index (χ1v) is 9.67. The minimum Gasteiger partial charge on any atom is -0.345 e. The Morgan fingerprint density at radius 2 is 1.04 bits per heavy atom. The maximum Gasteiger partial charge on any atom is 0.261 e. The van der Waals surface area contributed by atoms with E-state index < -0.39 is 0 Å². The minimum absolute atomic E-state index is 0.101. The van der Waals surface area contributed by atoms with Crippen LogP contribution >= 0.6 is 11.3 Å². The van der Waals surface area contributed by atoms with Crippen LogP contribution in [0.1, 0.15) is 56.4 Å². The number of amides is 2. The van der Waals surface area contributed by atoms with Gasteiger partial charge in [0.1, 0.15) is 0 Å². The molecule has 1 aromatic heterocycles. The monoisotopic (exact) mass is 378 g/mol. The smallest absolute Gasteiger partial charge is 0.261 e. The molecule has 0 aliphatic heterocycles. The average molecular weight is 378 g/mol. The standard InChI is InChI=1S/C22H22N2O2S/c1-15(17-9-5-3-6-10-17)23-21(25)19-13-14-20(27-19)22(26)24-16(2)18-11-7-4-8-12-18/h3-16H,1-2H3,(H,23,25)(H,24,26). The summed E-state index contributed by atoms with van der Waals surface area (Å²) in [7, 11) is 0. The van der Waals surface area contributed by atoms with Crippen LogP contribution in [0, 0.1) is 0 Å². The van der Waals surface area contributed by atoms with E-state index in [0.717, 1.165) is 11.1 Å². The van der Waals surface area contributed by atoms with Gasteiger partial charge in [0.25, 0.3) is 11.8 Å². The minimum atomic E-state index is -0.175. The first kappa shape index (κ1) is 18.9. The van der Waals surface area contributed by atoms with Gasteiger partial charge >= 0.3 is 0 Å². The van der Waals surface area contributed by atoms with Gasteiger partial charge in [0.05, 0.1) is 21.8 Å². The summed E-state index contributed by atoms with van der Waals surface area (Å²) in [6, 6.07) is 22.8. The van der Waals surface area contributed by atoms with Crippen molar-refractivity contribution < 1.29 is 9.59 Å². The lowest BCUT2D eigenvalue weighted by Crippen LogP contribution is -2.26. The van der Waals surface area contributed by atoms with E-state index in [1.807, 2.05) is 74.5 Å². The van der Waals surface area contributed by atoms with Gasteiger partial charge in [-0.1, -0.05) is 60.7 Å². The second kappa shape index (κ2) is 8.64. The molecule has 5 heteroatoms. The highest BCUT2D eigenvalue weighted by molar-refractivity contribution is 7.15. The van der Waals surface area contributed by atoms with Crippen LogP contribution in [0.4, 0.5) is 0 Å². The summed E-state index contributed by atoms with van der Waals surface area (Å²) < 4.78 is 0. The summed E-state index contributed by atoms with van der Waals surface area (Å²) in [4.78, 5) is 26.0.